The Labute approximate surface area is 102 Å². The molecule has 0 aliphatic carbocycles. The first-order valence-electron chi connectivity index (χ1n) is 5.22. The van der Waals surface area contributed by atoms with Crippen LogP contribution in [0.25, 0.3) is 0 Å². The van der Waals surface area contributed by atoms with Gasteiger partial charge in [0, 0.05) is 12.5 Å². The number of carbonyl (C=O) groups is 2. The smallest absolute Gasteiger partial charge is 0.353 e. The SMILES string of the molecule is Cc1cc(CNC(=O)C2CC(C(=O)O)=NO2)no1. The number of nitrogens with one attached hydrogen (secondary N) is 1. The summed E-state index contributed by atoms with van der Waals surface area (Å²) in [5.41, 5.74) is 0.422. The maximum Gasteiger partial charge on any atom is 0.353 e. The Bertz CT molecular complexity index is 507. The van der Waals surface area contributed by atoms with Crippen LogP contribution >= 0.6 is 0 Å². The number of carbonyl (C=O) groups excluding carboxylic acids is 1. The van der Waals surface area contributed by atoms with Gasteiger partial charge in [-0.05, 0) is 6.92 Å². The topological polar surface area (TPSA) is 114 Å². The van der Waals surface area contributed by atoms with Gasteiger partial charge in [-0.1, -0.05) is 10.3 Å². The summed E-state index contributed by atoms with van der Waals surface area (Å²) in [4.78, 5) is 27.0. The molecule has 8 nitrogen and oxygen atoms in total. The number of rotatable bonds is 4. The van der Waals surface area contributed by atoms with E-state index in [1.165, 1.54) is 0 Å². The van der Waals surface area contributed by atoms with Crippen LogP contribution in [-0.4, -0.2) is 34.0 Å². The van der Waals surface area contributed by atoms with Crippen molar-refractivity contribution in [1.82, 2.24) is 10.5 Å². The van der Waals surface area contributed by atoms with Crippen LogP contribution in [0.5, 0.6) is 0 Å². The molecule has 0 spiro atoms. The van der Waals surface area contributed by atoms with Gasteiger partial charge in [-0.2, -0.15) is 0 Å². The summed E-state index contributed by atoms with van der Waals surface area (Å²) in [6.07, 6.45) is -0.942. The Balaban J connectivity index is 1.82. The molecule has 1 atom stereocenters. The van der Waals surface area contributed by atoms with E-state index in [2.05, 4.69) is 15.6 Å². The summed E-state index contributed by atoms with van der Waals surface area (Å²) in [7, 11) is 0. The van der Waals surface area contributed by atoms with Crippen molar-refractivity contribution in [3.63, 3.8) is 0 Å². The predicted octanol–water partition coefficient (Wildman–Crippen LogP) is -0.171. The summed E-state index contributed by atoms with van der Waals surface area (Å²) in [5, 5.41) is 18.2. The van der Waals surface area contributed by atoms with E-state index in [-0.39, 0.29) is 18.7 Å². The number of nitrogens with zero attached hydrogens (tertiary/aromatic N) is 2. The van der Waals surface area contributed by atoms with Crippen molar-refractivity contribution in [3.8, 4) is 0 Å². The van der Waals surface area contributed by atoms with Crippen molar-refractivity contribution >= 4 is 17.6 Å². The minimum absolute atomic E-state index is 0.0426. The Hall–Kier alpha value is -2.38. The fraction of sp³-hybridized carbons (Fsp3) is 0.400. The molecule has 96 valence electrons. The van der Waals surface area contributed by atoms with Crippen molar-refractivity contribution in [1.29, 1.82) is 0 Å². The summed E-state index contributed by atoms with van der Waals surface area (Å²) in [6, 6.07) is 1.69. The van der Waals surface area contributed by atoms with E-state index in [9.17, 15) is 9.59 Å². The zero-order valence-electron chi connectivity index (χ0n) is 9.54. The molecule has 18 heavy (non-hydrogen) atoms. The number of hydrogen-bond donors (Lipinski definition) is 2. The lowest BCUT2D eigenvalue weighted by Gasteiger charge is -2.07. The van der Waals surface area contributed by atoms with Crippen LogP contribution in [-0.2, 0) is 21.0 Å². The quantitative estimate of drug-likeness (QED) is 0.769. The normalized spacial score (nSPS) is 18.1. The van der Waals surface area contributed by atoms with Crippen LogP contribution < -0.4 is 5.32 Å². The van der Waals surface area contributed by atoms with E-state index >= 15 is 0 Å². The van der Waals surface area contributed by atoms with Gasteiger partial charge in [0.05, 0.1) is 6.54 Å². The van der Waals surface area contributed by atoms with E-state index < -0.39 is 18.0 Å². The Morgan fingerprint density at radius 3 is 2.94 bits per heavy atom. The zero-order chi connectivity index (χ0) is 13.1. The van der Waals surface area contributed by atoms with Crippen LogP contribution in [0.15, 0.2) is 15.7 Å². The van der Waals surface area contributed by atoms with Crippen molar-refractivity contribution in [2.75, 3.05) is 0 Å². The standard InChI is InChI=1S/C10H11N3O5/c1-5-2-6(12-17-5)4-11-9(14)8-3-7(10(15)16)13-18-8/h2,8H,3-4H2,1H3,(H,11,14)(H,15,16). The first-order chi connectivity index (χ1) is 8.56. The second kappa shape index (κ2) is 4.86. The highest BCUT2D eigenvalue weighted by molar-refractivity contribution is 6.36. The van der Waals surface area contributed by atoms with Crippen LogP contribution in [0.1, 0.15) is 17.9 Å². The molecule has 0 saturated heterocycles. The first kappa shape index (κ1) is 12.1. The van der Waals surface area contributed by atoms with Gasteiger partial charge in [-0.3, -0.25) is 4.79 Å². The number of carboxylic acid groups (broad SMARTS) is 1. The van der Waals surface area contributed by atoms with Gasteiger partial charge in [0.15, 0.2) is 5.71 Å². The number of carboxylic acids is 1. The summed E-state index contributed by atoms with van der Waals surface area (Å²) >= 11 is 0. The Morgan fingerprint density at radius 2 is 2.39 bits per heavy atom. The molecule has 0 saturated carbocycles. The van der Waals surface area contributed by atoms with Crippen molar-refractivity contribution < 1.29 is 24.1 Å². The average molecular weight is 253 g/mol. The molecule has 2 rings (SSSR count). The molecule has 0 aromatic carbocycles. The van der Waals surface area contributed by atoms with Gasteiger partial charge in [0.25, 0.3) is 5.91 Å². The molecule has 1 unspecified atom stereocenters. The highest BCUT2D eigenvalue weighted by atomic mass is 16.6. The lowest BCUT2D eigenvalue weighted by Crippen LogP contribution is -2.34. The van der Waals surface area contributed by atoms with Crippen LogP contribution in [0.2, 0.25) is 0 Å². The number of hydrogen-bond acceptors (Lipinski definition) is 6. The van der Waals surface area contributed by atoms with E-state index in [4.69, 9.17) is 14.5 Å². The molecule has 0 radical (unpaired) electrons. The second-order valence-corrected chi connectivity index (χ2v) is 3.79. The number of aromatic nitrogens is 1. The third-order valence-electron chi connectivity index (χ3n) is 2.33. The molecular formula is C10H11N3O5. The molecule has 2 N–H and O–H groups in total. The van der Waals surface area contributed by atoms with Crippen molar-refractivity contribution in [2.24, 2.45) is 5.16 Å². The van der Waals surface area contributed by atoms with Gasteiger partial charge >= 0.3 is 5.97 Å². The number of amides is 1. The van der Waals surface area contributed by atoms with Crippen molar-refractivity contribution in [2.45, 2.75) is 26.0 Å². The molecule has 1 amide bonds. The third-order valence-corrected chi connectivity index (χ3v) is 2.33. The van der Waals surface area contributed by atoms with Gasteiger partial charge < -0.3 is 19.8 Å². The molecule has 1 aliphatic heterocycles. The maximum absolute atomic E-state index is 11.6. The van der Waals surface area contributed by atoms with E-state index in [0.29, 0.717) is 11.5 Å². The molecule has 1 aliphatic rings. The third kappa shape index (κ3) is 2.65. The summed E-state index contributed by atoms with van der Waals surface area (Å²) in [6.45, 7) is 1.93. The number of oxime groups is 1. The maximum atomic E-state index is 11.6. The van der Waals surface area contributed by atoms with E-state index in [0.717, 1.165) is 0 Å². The van der Waals surface area contributed by atoms with Crippen LogP contribution in [0, 0.1) is 6.92 Å². The molecule has 1 aromatic rings. The predicted molar refractivity (Wildman–Crippen MR) is 57.6 cm³/mol. The lowest BCUT2D eigenvalue weighted by atomic mass is 10.1. The molecule has 2 heterocycles. The van der Waals surface area contributed by atoms with Crippen LogP contribution in [0.4, 0.5) is 0 Å². The Morgan fingerprint density at radius 1 is 1.61 bits per heavy atom. The van der Waals surface area contributed by atoms with Gasteiger partial charge in [-0.25, -0.2) is 4.79 Å². The van der Waals surface area contributed by atoms with E-state index in [1.54, 1.807) is 13.0 Å². The molecule has 0 fully saturated rings. The van der Waals surface area contributed by atoms with Crippen LogP contribution in [0.3, 0.4) is 0 Å². The first-order valence-corrected chi connectivity index (χ1v) is 5.22. The fourth-order valence-electron chi connectivity index (χ4n) is 1.44. The fourth-order valence-corrected chi connectivity index (χ4v) is 1.44. The largest absolute Gasteiger partial charge is 0.477 e. The van der Waals surface area contributed by atoms with Gasteiger partial charge in [-0.15, -0.1) is 0 Å². The molecule has 0 bridgehead atoms. The molecule has 1 aromatic heterocycles. The highest BCUT2D eigenvalue weighted by Gasteiger charge is 2.31. The molecular weight excluding hydrogens is 242 g/mol. The monoisotopic (exact) mass is 253 g/mol. The zero-order valence-corrected chi connectivity index (χ0v) is 9.54. The van der Waals surface area contributed by atoms with Gasteiger partial charge in [0.2, 0.25) is 6.10 Å². The molecule has 8 heteroatoms. The second-order valence-electron chi connectivity index (χ2n) is 3.79. The Kier molecular flexibility index (Phi) is 3.26. The minimum Gasteiger partial charge on any atom is -0.477 e. The number of aryl methyl sites for hydroxylation is 1. The highest BCUT2D eigenvalue weighted by Crippen LogP contribution is 2.11. The average Bonchev–Trinajstić information content (AvgIpc) is 2.94. The van der Waals surface area contributed by atoms with Crippen molar-refractivity contribution in [3.05, 3.63) is 17.5 Å². The van der Waals surface area contributed by atoms with E-state index in [1.807, 2.05) is 0 Å². The summed E-state index contributed by atoms with van der Waals surface area (Å²) < 4.78 is 4.84. The minimum atomic E-state index is -1.18. The lowest BCUT2D eigenvalue weighted by molar-refractivity contribution is -0.131. The van der Waals surface area contributed by atoms with Gasteiger partial charge in [0.1, 0.15) is 11.5 Å². The summed E-state index contributed by atoms with van der Waals surface area (Å²) in [5.74, 6) is -0.971. The number of aliphatic carboxylic acids is 1.